The van der Waals surface area contributed by atoms with E-state index >= 15 is 0 Å². The van der Waals surface area contributed by atoms with Gasteiger partial charge in [-0.2, -0.15) is 8.78 Å². The molecule has 0 fully saturated rings. The van der Waals surface area contributed by atoms with Crippen LogP contribution in [0.25, 0.3) is 0 Å². The first kappa shape index (κ1) is 23.0. The van der Waals surface area contributed by atoms with Gasteiger partial charge >= 0.3 is 6.61 Å². The summed E-state index contributed by atoms with van der Waals surface area (Å²) in [7, 11) is 2.06. The first-order valence-electron chi connectivity index (χ1n) is 9.30. The number of para-hydroxylation sites is 1. The van der Waals surface area contributed by atoms with E-state index in [1.807, 2.05) is 6.92 Å². The van der Waals surface area contributed by atoms with E-state index in [1.54, 1.807) is 25.1 Å². The van der Waals surface area contributed by atoms with Crippen LogP contribution in [0.1, 0.15) is 33.3 Å². The Kier molecular flexibility index (Phi) is 10.5. The van der Waals surface area contributed by atoms with E-state index in [1.165, 1.54) is 0 Å². The number of aliphatic imine (C=N–C) groups is 1. The lowest BCUT2D eigenvalue weighted by Crippen LogP contribution is -2.42. The Morgan fingerprint density at radius 1 is 1.22 bits per heavy atom. The average Bonchev–Trinajstić information content (AvgIpc) is 2.61. The largest absolute Gasteiger partial charge is 0.490 e. The zero-order chi connectivity index (χ0) is 20.2. The van der Waals surface area contributed by atoms with E-state index < -0.39 is 6.61 Å². The lowest BCUT2D eigenvalue weighted by atomic mass is 10.2. The van der Waals surface area contributed by atoms with Crippen LogP contribution in [0, 0.1) is 0 Å². The zero-order valence-electron chi connectivity index (χ0n) is 16.9. The molecule has 0 radical (unpaired) electrons. The van der Waals surface area contributed by atoms with Crippen molar-refractivity contribution in [1.29, 1.82) is 0 Å². The Morgan fingerprint density at radius 3 is 2.56 bits per heavy atom. The number of nitrogens with one attached hydrogen (secondary N) is 2. The second-order valence-corrected chi connectivity index (χ2v) is 6.25. The van der Waals surface area contributed by atoms with Crippen LogP contribution in [-0.2, 0) is 6.54 Å². The Bertz CT molecular complexity index is 583. The number of ether oxygens (including phenoxy) is 2. The molecule has 0 aliphatic rings. The van der Waals surface area contributed by atoms with E-state index in [-0.39, 0.29) is 12.3 Å². The molecular weight excluding hydrogens is 354 g/mol. The minimum Gasteiger partial charge on any atom is -0.490 e. The number of hydrogen-bond donors (Lipinski definition) is 2. The summed E-state index contributed by atoms with van der Waals surface area (Å²) in [4.78, 5) is 6.71. The quantitative estimate of drug-likeness (QED) is 0.452. The average molecular weight is 386 g/mol. The molecule has 0 amide bonds. The minimum atomic E-state index is -2.92. The Morgan fingerprint density at radius 2 is 1.96 bits per heavy atom. The second-order valence-electron chi connectivity index (χ2n) is 6.25. The summed E-state index contributed by atoms with van der Waals surface area (Å²) >= 11 is 0. The van der Waals surface area contributed by atoms with Crippen molar-refractivity contribution < 1.29 is 18.3 Å². The lowest BCUT2D eigenvalue weighted by molar-refractivity contribution is -0.0520. The smallest absolute Gasteiger partial charge is 0.387 e. The van der Waals surface area contributed by atoms with Gasteiger partial charge in [0.05, 0.1) is 13.2 Å². The highest BCUT2D eigenvalue weighted by atomic mass is 19.3. The van der Waals surface area contributed by atoms with E-state index in [9.17, 15) is 8.78 Å². The van der Waals surface area contributed by atoms with Crippen molar-refractivity contribution >= 4 is 5.96 Å². The van der Waals surface area contributed by atoms with Crippen molar-refractivity contribution in [3.8, 4) is 11.5 Å². The van der Waals surface area contributed by atoms with Crippen LogP contribution in [0.5, 0.6) is 11.5 Å². The third-order valence-electron chi connectivity index (χ3n) is 3.96. The maximum atomic E-state index is 12.8. The highest BCUT2D eigenvalue weighted by Crippen LogP contribution is 2.33. The molecule has 8 heteroatoms. The van der Waals surface area contributed by atoms with Crippen LogP contribution in [0.3, 0.4) is 0 Å². The normalized spacial score (nSPS) is 12.0. The van der Waals surface area contributed by atoms with Crippen molar-refractivity contribution in [3.05, 3.63) is 23.8 Å². The molecule has 1 aromatic rings. The van der Waals surface area contributed by atoms with E-state index in [0.29, 0.717) is 36.5 Å². The molecule has 0 aromatic heterocycles. The molecule has 154 valence electrons. The molecule has 1 rings (SSSR count). The lowest BCUT2D eigenvalue weighted by Gasteiger charge is -2.21. The van der Waals surface area contributed by atoms with Crippen LogP contribution in [0.15, 0.2) is 23.2 Å². The summed E-state index contributed by atoms with van der Waals surface area (Å²) in [6, 6.07) is 5.52. The van der Waals surface area contributed by atoms with Crippen molar-refractivity contribution in [2.75, 3.05) is 33.3 Å². The number of guanidine groups is 1. The van der Waals surface area contributed by atoms with Crippen LogP contribution in [0.2, 0.25) is 0 Å². The minimum absolute atomic E-state index is 0.0356. The van der Waals surface area contributed by atoms with Crippen LogP contribution in [-0.4, -0.2) is 56.8 Å². The van der Waals surface area contributed by atoms with E-state index in [4.69, 9.17) is 4.74 Å². The topological polar surface area (TPSA) is 58.1 Å². The molecule has 0 heterocycles. The molecule has 0 saturated heterocycles. The zero-order valence-corrected chi connectivity index (χ0v) is 16.9. The Balaban J connectivity index is 2.86. The Hall–Kier alpha value is -2.09. The number of likely N-dealkylation sites (N-methyl/N-ethyl adjacent to an activating group) is 1. The van der Waals surface area contributed by atoms with E-state index in [2.05, 4.69) is 46.2 Å². The fraction of sp³-hybridized carbons (Fsp3) is 0.632. The van der Waals surface area contributed by atoms with Gasteiger partial charge in [0.1, 0.15) is 0 Å². The van der Waals surface area contributed by atoms with Gasteiger partial charge in [-0.1, -0.05) is 12.1 Å². The van der Waals surface area contributed by atoms with Gasteiger partial charge in [-0.3, -0.25) is 0 Å². The summed E-state index contributed by atoms with van der Waals surface area (Å²) in [5.74, 6) is 0.954. The molecule has 0 saturated carbocycles. The number of nitrogens with zero attached hydrogens (tertiary/aromatic N) is 2. The molecular formula is C19H32F2N4O2. The molecule has 0 unspecified atom stereocenters. The second kappa shape index (κ2) is 12.3. The third-order valence-corrected chi connectivity index (χ3v) is 3.96. The van der Waals surface area contributed by atoms with E-state index in [0.717, 1.165) is 13.1 Å². The Labute approximate surface area is 160 Å². The summed E-state index contributed by atoms with van der Waals surface area (Å²) in [6.07, 6.45) is 0. The number of hydrogen-bond acceptors (Lipinski definition) is 4. The number of halogens is 2. The maximum Gasteiger partial charge on any atom is 0.387 e. The molecule has 0 aliphatic carbocycles. The van der Waals surface area contributed by atoms with Crippen LogP contribution in [0.4, 0.5) is 8.78 Å². The van der Waals surface area contributed by atoms with Crippen LogP contribution >= 0.6 is 0 Å². The van der Waals surface area contributed by atoms with Gasteiger partial charge in [0.15, 0.2) is 17.5 Å². The van der Waals surface area contributed by atoms with Crippen molar-refractivity contribution in [1.82, 2.24) is 15.5 Å². The fourth-order valence-corrected chi connectivity index (χ4v) is 2.29. The van der Waals surface area contributed by atoms with Crippen LogP contribution < -0.4 is 20.1 Å². The standard InChI is InChI=1S/C19H32F2N4O2/c1-6-22-19(23-11-12-25(5)14(3)4)24-13-15-9-8-10-16(26-7-2)17(15)27-18(20)21/h8-10,14,18H,6-7,11-13H2,1-5H3,(H2,22,23,24). The predicted octanol–water partition coefficient (Wildman–Crippen LogP) is 3.08. The molecule has 0 atom stereocenters. The SMILES string of the molecule is CCNC(=NCc1cccc(OCC)c1OC(F)F)NCCN(C)C(C)C. The van der Waals surface area contributed by atoms with Crippen molar-refractivity contribution in [3.63, 3.8) is 0 Å². The highest BCUT2D eigenvalue weighted by Gasteiger charge is 2.15. The van der Waals surface area contributed by atoms with Gasteiger partial charge < -0.3 is 25.0 Å². The van der Waals surface area contributed by atoms with Gasteiger partial charge in [0.2, 0.25) is 0 Å². The van der Waals surface area contributed by atoms with Gasteiger partial charge in [-0.15, -0.1) is 0 Å². The van der Waals surface area contributed by atoms with Crippen molar-refractivity contribution in [2.45, 2.75) is 46.9 Å². The van der Waals surface area contributed by atoms with Gasteiger partial charge in [-0.25, -0.2) is 4.99 Å². The number of rotatable bonds is 11. The van der Waals surface area contributed by atoms with Gasteiger partial charge in [0.25, 0.3) is 0 Å². The summed E-state index contributed by atoms with van der Waals surface area (Å²) in [5.41, 5.74) is 0.540. The highest BCUT2D eigenvalue weighted by molar-refractivity contribution is 5.79. The first-order chi connectivity index (χ1) is 12.9. The molecule has 0 bridgehead atoms. The monoisotopic (exact) mass is 386 g/mol. The molecule has 0 spiro atoms. The van der Waals surface area contributed by atoms with Crippen molar-refractivity contribution in [2.24, 2.45) is 4.99 Å². The fourth-order valence-electron chi connectivity index (χ4n) is 2.29. The van der Waals surface area contributed by atoms with Gasteiger partial charge in [0, 0.05) is 31.2 Å². The molecule has 2 N–H and O–H groups in total. The number of alkyl halides is 2. The molecule has 1 aromatic carbocycles. The van der Waals surface area contributed by atoms with Gasteiger partial charge in [-0.05, 0) is 40.8 Å². The summed E-state index contributed by atoms with van der Waals surface area (Å²) in [5, 5.41) is 6.41. The summed E-state index contributed by atoms with van der Waals surface area (Å²) in [6.45, 7) is 7.94. The molecule has 0 aliphatic heterocycles. The summed E-state index contributed by atoms with van der Waals surface area (Å²) < 4.78 is 35.7. The molecule has 6 nitrogen and oxygen atoms in total. The molecule has 27 heavy (non-hydrogen) atoms. The predicted molar refractivity (Wildman–Crippen MR) is 105 cm³/mol. The maximum absolute atomic E-state index is 12.8. The first-order valence-corrected chi connectivity index (χ1v) is 9.30. The third kappa shape index (κ3) is 8.43. The number of benzene rings is 1.